The van der Waals surface area contributed by atoms with Crippen LogP contribution in [0, 0.1) is 11.3 Å². The van der Waals surface area contributed by atoms with E-state index in [4.69, 9.17) is 16.9 Å². The number of benzene rings is 2. The molecular formula is C20H16ClN5O. The molecule has 2 N–H and O–H groups in total. The molecule has 0 spiro atoms. The standard InChI is InChI=1S/C20H16ClN5O/c21-16-3-1-2-14(10-16)8-9-23-19-13-24-18(12-25-19)20(27)26-17-6-4-15(11-22)5-7-17/h1-7,10,12-13H,8-9H2,(H,23,25)(H,26,27). The van der Waals surface area contributed by atoms with E-state index in [0.717, 1.165) is 12.0 Å². The van der Waals surface area contributed by atoms with Gasteiger partial charge in [-0.1, -0.05) is 23.7 Å². The van der Waals surface area contributed by atoms with Crippen molar-refractivity contribution in [3.8, 4) is 6.07 Å². The lowest BCUT2D eigenvalue weighted by Gasteiger charge is -2.07. The number of rotatable bonds is 6. The number of hydrogen-bond donors (Lipinski definition) is 2. The first kappa shape index (κ1) is 18.4. The second kappa shape index (κ2) is 8.79. The summed E-state index contributed by atoms with van der Waals surface area (Å²) in [7, 11) is 0. The lowest BCUT2D eigenvalue weighted by atomic mass is 10.1. The van der Waals surface area contributed by atoms with Gasteiger partial charge in [-0.25, -0.2) is 9.97 Å². The lowest BCUT2D eigenvalue weighted by Crippen LogP contribution is -2.15. The lowest BCUT2D eigenvalue weighted by molar-refractivity contribution is 0.102. The Morgan fingerprint density at radius 3 is 2.59 bits per heavy atom. The first-order valence-electron chi connectivity index (χ1n) is 8.26. The van der Waals surface area contributed by atoms with E-state index in [-0.39, 0.29) is 11.6 Å². The fourth-order valence-electron chi connectivity index (χ4n) is 2.39. The van der Waals surface area contributed by atoms with Crippen molar-refractivity contribution in [2.75, 3.05) is 17.2 Å². The van der Waals surface area contributed by atoms with Crippen molar-refractivity contribution in [1.29, 1.82) is 5.26 Å². The monoisotopic (exact) mass is 377 g/mol. The number of carbonyl (C=O) groups excluding carboxylic acids is 1. The van der Waals surface area contributed by atoms with Crippen molar-refractivity contribution >= 4 is 29.0 Å². The Balaban J connectivity index is 1.53. The molecule has 0 aliphatic rings. The van der Waals surface area contributed by atoms with Gasteiger partial charge < -0.3 is 10.6 Å². The summed E-state index contributed by atoms with van der Waals surface area (Å²) in [5.41, 5.74) is 2.45. The van der Waals surface area contributed by atoms with Gasteiger partial charge in [0.05, 0.1) is 24.0 Å². The fourth-order valence-corrected chi connectivity index (χ4v) is 2.60. The van der Waals surface area contributed by atoms with Crippen LogP contribution in [0.4, 0.5) is 11.5 Å². The first-order valence-corrected chi connectivity index (χ1v) is 8.64. The van der Waals surface area contributed by atoms with Crippen LogP contribution >= 0.6 is 11.6 Å². The van der Waals surface area contributed by atoms with Gasteiger partial charge in [0.15, 0.2) is 0 Å². The quantitative estimate of drug-likeness (QED) is 0.679. The number of nitrogens with one attached hydrogen (secondary N) is 2. The molecule has 0 saturated heterocycles. The third-order valence-corrected chi connectivity index (χ3v) is 4.00. The zero-order valence-electron chi connectivity index (χ0n) is 14.3. The minimum Gasteiger partial charge on any atom is -0.368 e. The zero-order chi connectivity index (χ0) is 19.1. The van der Waals surface area contributed by atoms with Crippen molar-refractivity contribution in [1.82, 2.24) is 9.97 Å². The number of nitriles is 1. The number of carbonyl (C=O) groups is 1. The Morgan fingerprint density at radius 2 is 1.93 bits per heavy atom. The molecule has 7 heteroatoms. The van der Waals surface area contributed by atoms with Crippen molar-refractivity contribution in [2.45, 2.75) is 6.42 Å². The van der Waals surface area contributed by atoms with E-state index in [1.807, 2.05) is 30.3 Å². The van der Waals surface area contributed by atoms with Crippen LogP contribution in [0.15, 0.2) is 60.9 Å². The molecule has 0 aliphatic heterocycles. The molecule has 0 saturated carbocycles. The first-order chi connectivity index (χ1) is 13.1. The summed E-state index contributed by atoms with van der Waals surface area (Å²) < 4.78 is 0. The van der Waals surface area contributed by atoms with E-state index in [1.165, 1.54) is 12.4 Å². The van der Waals surface area contributed by atoms with Gasteiger partial charge in [0.1, 0.15) is 11.5 Å². The largest absolute Gasteiger partial charge is 0.368 e. The molecule has 1 heterocycles. The number of hydrogen-bond acceptors (Lipinski definition) is 5. The van der Waals surface area contributed by atoms with Gasteiger partial charge in [0.2, 0.25) is 0 Å². The van der Waals surface area contributed by atoms with Crippen LogP contribution in [0.3, 0.4) is 0 Å². The fraction of sp³-hybridized carbons (Fsp3) is 0.100. The third kappa shape index (κ3) is 5.27. The maximum Gasteiger partial charge on any atom is 0.275 e. The molecule has 0 bridgehead atoms. The van der Waals surface area contributed by atoms with E-state index in [0.29, 0.717) is 28.6 Å². The molecule has 1 aromatic heterocycles. The highest BCUT2D eigenvalue weighted by atomic mass is 35.5. The van der Waals surface area contributed by atoms with Crippen LogP contribution < -0.4 is 10.6 Å². The summed E-state index contributed by atoms with van der Waals surface area (Å²) in [5, 5.41) is 15.4. The van der Waals surface area contributed by atoms with Gasteiger partial charge in [-0.3, -0.25) is 4.79 Å². The molecule has 0 fully saturated rings. The van der Waals surface area contributed by atoms with E-state index in [9.17, 15) is 4.79 Å². The Bertz CT molecular complexity index is 965. The maximum absolute atomic E-state index is 12.2. The zero-order valence-corrected chi connectivity index (χ0v) is 15.1. The molecule has 0 unspecified atom stereocenters. The molecule has 6 nitrogen and oxygen atoms in total. The van der Waals surface area contributed by atoms with Crippen LogP contribution in [0.25, 0.3) is 0 Å². The average molecular weight is 378 g/mol. The van der Waals surface area contributed by atoms with Gasteiger partial charge in [-0.2, -0.15) is 5.26 Å². The maximum atomic E-state index is 12.2. The van der Waals surface area contributed by atoms with E-state index >= 15 is 0 Å². The number of aromatic nitrogens is 2. The molecule has 0 atom stereocenters. The second-order valence-corrected chi connectivity index (χ2v) is 6.17. The summed E-state index contributed by atoms with van der Waals surface area (Å²) in [6.45, 7) is 0.672. The predicted molar refractivity (Wildman–Crippen MR) is 105 cm³/mol. The van der Waals surface area contributed by atoms with Crippen LogP contribution in [0.2, 0.25) is 5.02 Å². The van der Waals surface area contributed by atoms with Crippen LogP contribution in [0.1, 0.15) is 21.6 Å². The Hall–Kier alpha value is -3.43. The molecule has 3 aromatic rings. The number of halogens is 1. The highest BCUT2D eigenvalue weighted by molar-refractivity contribution is 6.30. The Morgan fingerprint density at radius 1 is 1.11 bits per heavy atom. The van der Waals surface area contributed by atoms with Gasteiger partial charge in [0, 0.05) is 17.3 Å². The molecule has 0 radical (unpaired) electrons. The smallest absolute Gasteiger partial charge is 0.275 e. The highest BCUT2D eigenvalue weighted by Crippen LogP contribution is 2.12. The minimum absolute atomic E-state index is 0.208. The van der Waals surface area contributed by atoms with Gasteiger partial charge in [-0.05, 0) is 48.4 Å². The Kier molecular flexibility index (Phi) is 5.98. The van der Waals surface area contributed by atoms with E-state index < -0.39 is 0 Å². The van der Waals surface area contributed by atoms with Crippen molar-refractivity contribution < 1.29 is 4.79 Å². The summed E-state index contributed by atoms with van der Waals surface area (Å²) in [5.74, 6) is 0.227. The number of nitrogens with zero attached hydrogens (tertiary/aromatic N) is 3. The highest BCUT2D eigenvalue weighted by Gasteiger charge is 2.08. The molecular weight excluding hydrogens is 362 g/mol. The molecule has 3 rings (SSSR count). The molecule has 27 heavy (non-hydrogen) atoms. The summed E-state index contributed by atoms with van der Waals surface area (Å²) in [6, 6.07) is 16.3. The van der Waals surface area contributed by atoms with Crippen LogP contribution in [0.5, 0.6) is 0 Å². The van der Waals surface area contributed by atoms with Crippen molar-refractivity contribution in [3.63, 3.8) is 0 Å². The molecule has 2 aromatic carbocycles. The molecule has 0 aliphatic carbocycles. The average Bonchev–Trinajstić information content (AvgIpc) is 2.69. The van der Waals surface area contributed by atoms with E-state index in [1.54, 1.807) is 24.3 Å². The minimum atomic E-state index is -0.363. The SMILES string of the molecule is N#Cc1ccc(NC(=O)c2cnc(NCCc3cccc(Cl)c3)cn2)cc1. The topological polar surface area (TPSA) is 90.7 Å². The Labute approximate surface area is 161 Å². The summed E-state index contributed by atoms with van der Waals surface area (Å²) in [4.78, 5) is 20.6. The summed E-state index contributed by atoms with van der Waals surface area (Å²) >= 11 is 5.97. The molecule has 1 amide bonds. The van der Waals surface area contributed by atoms with Gasteiger partial charge in [-0.15, -0.1) is 0 Å². The summed E-state index contributed by atoms with van der Waals surface area (Å²) in [6.07, 6.45) is 3.73. The molecule has 134 valence electrons. The third-order valence-electron chi connectivity index (χ3n) is 3.77. The predicted octanol–water partition coefficient (Wildman–Crippen LogP) is 3.91. The number of amides is 1. The van der Waals surface area contributed by atoms with Gasteiger partial charge >= 0.3 is 0 Å². The van der Waals surface area contributed by atoms with Crippen molar-refractivity contribution in [3.05, 3.63) is 82.8 Å². The van der Waals surface area contributed by atoms with Gasteiger partial charge in [0.25, 0.3) is 5.91 Å². The van der Waals surface area contributed by atoms with Crippen molar-refractivity contribution in [2.24, 2.45) is 0 Å². The normalized spacial score (nSPS) is 10.1. The van der Waals surface area contributed by atoms with Crippen LogP contribution in [-0.2, 0) is 6.42 Å². The number of anilines is 2. The van der Waals surface area contributed by atoms with E-state index in [2.05, 4.69) is 20.6 Å². The second-order valence-electron chi connectivity index (χ2n) is 5.74. The van der Waals surface area contributed by atoms with Crippen LogP contribution in [-0.4, -0.2) is 22.4 Å².